The molecule has 1 aliphatic heterocycles. The minimum Gasteiger partial charge on any atom is -0.378 e. The van der Waals surface area contributed by atoms with Crippen LogP contribution in [0.25, 0.3) is 10.4 Å². The lowest BCUT2D eigenvalue weighted by molar-refractivity contribution is 0.122. The van der Waals surface area contributed by atoms with Gasteiger partial charge in [0, 0.05) is 32.0 Å². The molecule has 5 nitrogen and oxygen atoms in total. The molecule has 3 rings (SSSR count). The summed E-state index contributed by atoms with van der Waals surface area (Å²) in [6, 6.07) is 3.99. The molecule has 2 N–H and O–H groups in total. The molecular weight excluding hydrogens is 260 g/mol. The predicted octanol–water partition coefficient (Wildman–Crippen LogP) is 1.50. The van der Waals surface area contributed by atoms with E-state index in [0.29, 0.717) is 6.54 Å². The summed E-state index contributed by atoms with van der Waals surface area (Å²) >= 11 is 1.70. The second kappa shape index (κ2) is 5.64. The van der Waals surface area contributed by atoms with Crippen molar-refractivity contribution in [2.24, 2.45) is 5.73 Å². The highest BCUT2D eigenvalue weighted by Crippen LogP contribution is 2.34. The monoisotopic (exact) mass is 276 g/mol. The number of nitrogens with two attached hydrogens (primary N) is 1. The van der Waals surface area contributed by atoms with Gasteiger partial charge in [0.05, 0.1) is 23.8 Å². The molecule has 0 aliphatic carbocycles. The molecule has 6 heteroatoms. The molecule has 3 heterocycles. The van der Waals surface area contributed by atoms with Gasteiger partial charge in [-0.15, -0.1) is 0 Å². The summed E-state index contributed by atoms with van der Waals surface area (Å²) in [4.78, 5) is 12.1. The molecule has 0 aromatic carbocycles. The van der Waals surface area contributed by atoms with Crippen LogP contribution in [0.1, 0.15) is 5.69 Å². The molecule has 0 unspecified atom stereocenters. The van der Waals surface area contributed by atoms with Gasteiger partial charge in [0.2, 0.25) is 0 Å². The van der Waals surface area contributed by atoms with E-state index in [0.717, 1.165) is 47.6 Å². The summed E-state index contributed by atoms with van der Waals surface area (Å²) in [5.74, 6) is 0. The lowest BCUT2D eigenvalue weighted by atomic mass is 10.2. The fourth-order valence-corrected chi connectivity index (χ4v) is 3.25. The van der Waals surface area contributed by atoms with Crippen molar-refractivity contribution in [2.75, 3.05) is 31.2 Å². The molecule has 1 saturated heterocycles. The van der Waals surface area contributed by atoms with Crippen molar-refractivity contribution >= 4 is 16.5 Å². The predicted molar refractivity (Wildman–Crippen MR) is 76.3 cm³/mol. The van der Waals surface area contributed by atoms with Gasteiger partial charge in [-0.3, -0.25) is 4.98 Å². The number of ether oxygens (including phenoxy) is 1. The lowest BCUT2D eigenvalue weighted by Crippen LogP contribution is -2.36. The molecule has 0 amide bonds. The highest BCUT2D eigenvalue weighted by molar-refractivity contribution is 7.19. The normalized spacial score (nSPS) is 15.7. The topological polar surface area (TPSA) is 64.3 Å². The number of morpholine rings is 1. The number of anilines is 1. The van der Waals surface area contributed by atoms with E-state index in [9.17, 15) is 0 Å². The van der Waals surface area contributed by atoms with Crippen LogP contribution in [0.3, 0.4) is 0 Å². The quantitative estimate of drug-likeness (QED) is 0.920. The number of hydrogen-bond acceptors (Lipinski definition) is 6. The number of thiazole rings is 1. The molecule has 1 fully saturated rings. The smallest absolute Gasteiger partial charge is 0.186 e. The van der Waals surface area contributed by atoms with Gasteiger partial charge in [0.15, 0.2) is 5.13 Å². The average Bonchev–Trinajstić information content (AvgIpc) is 2.93. The molecule has 0 atom stereocenters. The first-order chi connectivity index (χ1) is 9.38. The molecule has 100 valence electrons. The van der Waals surface area contributed by atoms with E-state index < -0.39 is 0 Å². The van der Waals surface area contributed by atoms with Crippen LogP contribution in [0.2, 0.25) is 0 Å². The molecule has 0 bridgehead atoms. The van der Waals surface area contributed by atoms with Gasteiger partial charge in [-0.1, -0.05) is 11.3 Å². The van der Waals surface area contributed by atoms with E-state index in [4.69, 9.17) is 10.5 Å². The van der Waals surface area contributed by atoms with Crippen molar-refractivity contribution < 1.29 is 4.74 Å². The summed E-state index contributed by atoms with van der Waals surface area (Å²) in [7, 11) is 0. The van der Waals surface area contributed by atoms with Crippen molar-refractivity contribution in [3.8, 4) is 10.4 Å². The third kappa shape index (κ3) is 2.60. The van der Waals surface area contributed by atoms with Crippen LogP contribution in [0, 0.1) is 0 Å². The van der Waals surface area contributed by atoms with Crippen LogP contribution in [0.4, 0.5) is 5.13 Å². The maximum atomic E-state index is 5.82. The second-order valence-corrected chi connectivity index (χ2v) is 5.29. The SMILES string of the molecule is NCc1nc(N2CCOCC2)sc1-c1ccncc1. The van der Waals surface area contributed by atoms with Crippen LogP contribution in [-0.4, -0.2) is 36.3 Å². The summed E-state index contributed by atoms with van der Waals surface area (Å²) in [5, 5.41) is 1.04. The van der Waals surface area contributed by atoms with Crippen LogP contribution < -0.4 is 10.6 Å². The molecule has 0 radical (unpaired) electrons. The third-order valence-corrected chi connectivity index (χ3v) is 4.31. The first-order valence-corrected chi connectivity index (χ1v) is 7.13. The largest absolute Gasteiger partial charge is 0.378 e. The van der Waals surface area contributed by atoms with Crippen molar-refractivity contribution in [2.45, 2.75) is 6.54 Å². The first kappa shape index (κ1) is 12.5. The highest BCUT2D eigenvalue weighted by atomic mass is 32.1. The molecule has 0 saturated carbocycles. The van der Waals surface area contributed by atoms with Crippen LogP contribution in [-0.2, 0) is 11.3 Å². The maximum absolute atomic E-state index is 5.82. The number of rotatable bonds is 3. The number of aromatic nitrogens is 2. The molecule has 2 aromatic heterocycles. The van der Waals surface area contributed by atoms with E-state index in [-0.39, 0.29) is 0 Å². The number of pyridine rings is 1. The standard InChI is InChI=1S/C13H16N4OS/c14-9-11-12(10-1-3-15-4-2-10)19-13(16-11)17-5-7-18-8-6-17/h1-4H,5-9,14H2. The van der Waals surface area contributed by atoms with Crippen molar-refractivity contribution in [3.05, 3.63) is 30.2 Å². The summed E-state index contributed by atoms with van der Waals surface area (Å²) in [5.41, 5.74) is 7.90. The van der Waals surface area contributed by atoms with E-state index >= 15 is 0 Å². The van der Waals surface area contributed by atoms with Crippen LogP contribution >= 0.6 is 11.3 Å². The first-order valence-electron chi connectivity index (χ1n) is 6.31. The van der Waals surface area contributed by atoms with Gasteiger partial charge in [-0.05, 0) is 17.7 Å². The lowest BCUT2D eigenvalue weighted by Gasteiger charge is -2.26. The Hall–Kier alpha value is -1.50. The number of nitrogens with zero attached hydrogens (tertiary/aromatic N) is 3. The van der Waals surface area contributed by atoms with E-state index in [1.807, 2.05) is 12.1 Å². The Morgan fingerprint density at radius 2 is 2.00 bits per heavy atom. The number of hydrogen-bond donors (Lipinski definition) is 1. The summed E-state index contributed by atoms with van der Waals surface area (Å²) in [6.07, 6.45) is 3.59. The maximum Gasteiger partial charge on any atom is 0.186 e. The Bertz CT molecular complexity index is 537. The Kier molecular flexibility index (Phi) is 3.72. The second-order valence-electron chi connectivity index (χ2n) is 4.31. The average molecular weight is 276 g/mol. The van der Waals surface area contributed by atoms with Crippen molar-refractivity contribution in [1.29, 1.82) is 0 Å². The van der Waals surface area contributed by atoms with Crippen LogP contribution in [0.5, 0.6) is 0 Å². The zero-order valence-corrected chi connectivity index (χ0v) is 11.4. The molecular formula is C13H16N4OS. The van der Waals surface area contributed by atoms with E-state index in [1.165, 1.54) is 0 Å². The minimum atomic E-state index is 0.457. The third-order valence-electron chi connectivity index (χ3n) is 3.10. The Morgan fingerprint density at radius 3 is 2.68 bits per heavy atom. The van der Waals surface area contributed by atoms with Gasteiger partial charge in [-0.2, -0.15) is 0 Å². The molecule has 1 aliphatic rings. The van der Waals surface area contributed by atoms with Gasteiger partial charge >= 0.3 is 0 Å². The minimum absolute atomic E-state index is 0.457. The Morgan fingerprint density at radius 1 is 1.26 bits per heavy atom. The molecule has 19 heavy (non-hydrogen) atoms. The van der Waals surface area contributed by atoms with Gasteiger partial charge in [0.1, 0.15) is 0 Å². The Balaban J connectivity index is 1.94. The summed E-state index contributed by atoms with van der Waals surface area (Å²) in [6.45, 7) is 3.78. The van der Waals surface area contributed by atoms with E-state index in [2.05, 4.69) is 14.9 Å². The van der Waals surface area contributed by atoms with Crippen LogP contribution in [0.15, 0.2) is 24.5 Å². The van der Waals surface area contributed by atoms with Gasteiger partial charge in [0.25, 0.3) is 0 Å². The van der Waals surface area contributed by atoms with E-state index in [1.54, 1.807) is 23.7 Å². The molecule has 0 spiro atoms. The van der Waals surface area contributed by atoms with Crippen molar-refractivity contribution in [3.63, 3.8) is 0 Å². The fraction of sp³-hybridized carbons (Fsp3) is 0.385. The highest BCUT2D eigenvalue weighted by Gasteiger charge is 2.18. The zero-order valence-electron chi connectivity index (χ0n) is 10.6. The van der Waals surface area contributed by atoms with Gasteiger partial charge in [-0.25, -0.2) is 4.98 Å². The van der Waals surface area contributed by atoms with Gasteiger partial charge < -0.3 is 15.4 Å². The zero-order chi connectivity index (χ0) is 13.1. The Labute approximate surface area is 116 Å². The van der Waals surface area contributed by atoms with Crippen molar-refractivity contribution in [1.82, 2.24) is 9.97 Å². The summed E-state index contributed by atoms with van der Waals surface area (Å²) < 4.78 is 5.37. The fourth-order valence-electron chi connectivity index (χ4n) is 2.10. The molecule has 2 aromatic rings.